The predicted molar refractivity (Wildman–Crippen MR) is 160 cm³/mol. The van der Waals surface area contributed by atoms with Crippen molar-refractivity contribution in [3.63, 3.8) is 0 Å². The summed E-state index contributed by atoms with van der Waals surface area (Å²) in [7, 11) is 0. The van der Waals surface area contributed by atoms with Crippen molar-refractivity contribution in [1.82, 2.24) is 9.97 Å². The van der Waals surface area contributed by atoms with Gasteiger partial charge in [0.05, 0.1) is 11.2 Å². The van der Waals surface area contributed by atoms with Gasteiger partial charge in [-0.15, -0.1) is 11.8 Å². The van der Waals surface area contributed by atoms with Gasteiger partial charge in [-0.05, 0) is 73.4 Å². The first-order chi connectivity index (χ1) is 18.3. The molecular weight excluding hydrogens is 474 g/mol. The molecule has 2 heterocycles. The molecule has 0 atom stereocenters. The first kappa shape index (κ1) is 25.4. The second-order valence-corrected chi connectivity index (χ2v) is 10.2. The van der Waals surface area contributed by atoms with Crippen LogP contribution in [0.5, 0.6) is 0 Å². The number of fused-ring (bicyclic) bond motifs is 2. The number of piperazine rings is 1. The monoisotopic (exact) mass is 511 g/mol. The Morgan fingerprint density at radius 3 is 2.32 bits per heavy atom. The Balaban J connectivity index is 0.00000137. The Bertz CT molecular complexity index is 1350. The molecule has 0 radical (unpaired) electrons. The zero-order chi connectivity index (χ0) is 25.6. The predicted octanol–water partition coefficient (Wildman–Crippen LogP) is 7.33. The Morgan fingerprint density at radius 1 is 0.757 bits per heavy atom. The van der Waals surface area contributed by atoms with Gasteiger partial charge in [0.15, 0.2) is 0 Å². The molecule has 5 nitrogen and oxygen atoms in total. The number of nitrogens with one attached hydrogen (secondary N) is 1. The van der Waals surface area contributed by atoms with E-state index in [0.29, 0.717) is 0 Å². The van der Waals surface area contributed by atoms with Gasteiger partial charge < -0.3 is 15.1 Å². The summed E-state index contributed by atoms with van der Waals surface area (Å²) in [5, 5.41) is 4.78. The number of hydrogen-bond acceptors (Lipinski definition) is 6. The molecule has 1 aliphatic carbocycles. The van der Waals surface area contributed by atoms with Gasteiger partial charge in [-0.1, -0.05) is 50.2 Å². The lowest BCUT2D eigenvalue weighted by atomic mass is 9.90. The number of thioether (sulfide) groups is 1. The highest BCUT2D eigenvalue weighted by Crippen LogP contribution is 2.33. The average Bonchev–Trinajstić information content (AvgIpc) is 2.98. The van der Waals surface area contributed by atoms with Crippen LogP contribution in [0.1, 0.15) is 37.8 Å². The van der Waals surface area contributed by atoms with Crippen LogP contribution >= 0.6 is 11.8 Å². The van der Waals surface area contributed by atoms with Crippen molar-refractivity contribution in [2.24, 2.45) is 0 Å². The normalized spacial score (nSPS) is 15.1. The summed E-state index contributed by atoms with van der Waals surface area (Å²) in [5.74, 6) is 1.72. The molecule has 0 unspecified atom stereocenters. The third-order valence-corrected chi connectivity index (χ3v) is 8.01. The Hall–Kier alpha value is -3.25. The fourth-order valence-corrected chi connectivity index (χ4v) is 5.99. The molecule has 1 N–H and O–H groups in total. The summed E-state index contributed by atoms with van der Waals surface area (Å²) >= 11 is 1.81. The van der Waals surface area contributed by atoms with Crippen LogP contribution < -0.4 is 15.1 Å². The molecule has 1 aliphatic heterocycles. The first-order valence-corrected chi connectivity index (χ1v) is 14.8. The van der Waals surface area contributed by atoms with E-state index in [2.05, 4.69) is 88.1 Å². The maximum atomic E-state index is 5.08. The minimum absolute atomic E-state index is 0.814. The molecule has 3 aromatic carbocycles. The molecule has 0 bridgehead atoms. The van der Waals surface area contributed by atoms with Crippen LogP contribution in [0.4, 0.5) is 23.1 Å². The minimum Gasteiger partial charge on any atom is -0.367 e. The van der Waals surface area contributed by atoms with Gasteiger partial charge in [0, 0.05) is 42.1 Å². The van der Waals surface area contributed by atoms with Crippen molar-refractivity contribution in [2.75, 3.05) is 47.6 Å². The molecule has 0 spiro atoms. The van der Waals surface area contributed by atoms with Crippen LogP contribution in [0.2, 0.25) is 0 Å². The number of anilines is 4. The molecule has 2 aliphatic rings. The average molecular weight is 512 g/mol. The van der Waals surface area contributed by atoms with Gasteiger partial charge in [0.25, 0.3) is 0 Å². The zero-order valence-electron chi connectivity index (χ0n) is 22.2. The zero-order valence-corrected chi connectivity index (χ0v) is 23.0. The van der Waals surface area contributed by atoms with E-state index in [1.807, 2.05) is 25.6 Å². The second-order valence-electron chi connectivity index (χ2n) is 9.31. The standard InChI is InChI=1S/C29H31N5S.C2H6/c1-35-27-16-7-6-15-26(27)33-17-19-34(20-18-33)29-31-25-13-5-4-12-23(25)28(32-29)30-24-14-8-10-21-9-2-3-11-22(21)24;1-2/h4-8,10,12-16H,2-3,9,11,17-20H2,1H3,(H,30,31,32);1-2H3. The molecule has 1 aromatic heterocycles. The fourth-order valence-electron chi connectivity index (χ4n) is 5.37. The van der Waals surface area contributed by atoms with Crippen molar-refractivity contribution in [2.45, 2.75) is 44.4 Å². The van der Waals surface area contributed by atoms with Crippen molar-refractivity contribution in [3.8, 4) is 0 Å². The number of para-hydroxylation sites is 2. The summed E-state index contributed by atoms with van der Waals surface area (Å²) < 4.78 is 0. The number of aryl methyl sites for hydroxylation is 1. The van der Waals surface area contributed by atoms with Crippen LogP contribution in [0, 0.1) is 0 Å². The molecule has 6 rings (SSSR count). The van der Waals surface area contributed by atoms with E-state index < -0.39 is 0 Å². The van der Waals surface area contributed by atoms with E-state index in [4.69, 9.17) is 9.97 Å². The fraction of sp³-hybridized carbons (Fsp3) is 0.355. The van der Waals surface area contributed by atoms with Crippen LogP contribution in [0.25, 0.3) is 10.9 Å². The lowest BCUT2D eigenvalue weighted by Gasteiger charge is -2.37. The van der Waals surface area contributed by atoms with Crippen LogP contribution in [-0.2, 0) is 12.8 Å². The quantitative estimate of drug-likeness (QED) is 0.283. The summed E-state index contributed by atoms with van der Waals surface area (Å²) in [5.41, 5.74) is 6.43. The Labute approximate surface area is 225 Å². The van der Waals surface area contributed by atoms with Gasteiger partial charge in [0.1, 0.15) is 5.82 Å². The molecule has 1 fully saturated rings. The summed E-state index contributed by atoms with van der Waals surface area (Å²) in [6.45, 7) is 7.73. The van der Waals surface area contributed by atoms with Gasteiger partial charge >= 0.3 is 0 Å². The summed E-state index contributed by atoms with van der Waals surface area (Å²) in [4.78, 5) is 16.2. The number of aromatic nitrogens is 2. The van der Waals surface area contributed by atoms with E-state index in [0.717, 1.165) is 55.3 Å². The van der Waals surface area contributed by atoms with E-state index in [9.17, 15) is 0 Å². The molecule has 37 heavy (non-hydrogen) atoms. The van der Waals surface area contributed by atoms with Crippen LogP contribution in [0.15, 0.2) is 71.6 Å². The third-order valence-electron chi connectivity index (χ3n) is 7.23. The molecule has 1 saturated heterocycles. The summed E-state index contributed by atoms with van der Waals surface area (Å²) in [6.07, 6.45) is 6.99. The maximum absolute atomic E-state index is 5.08. The smallest absolute Gasteiger partial charge is 0.228 e. The number of benzene rings is 3. The van der Waals surface area contributed by atoms with E-state index >= 15 is 0 Å². The largest absolute Gasteiger partial charge is 0.367 e. The van der Waals surface area contributed by atoms with E-state index in [1.54, 1.807) is 0 Å². The third kappa shape index (κ3) is 5.40. The van der Waals surface area contributed by atoms with Crippen LogP contribution in [0.3, 0.4) is 0 Å². The van der Waals surface area contributed by atoms with E-state index in [1.165, 1.54) is 46.7 Å². The Kier molecular flexibility index (Phi) is 8.15. The van der Waals surface area contributed by atoms with Gasteiger partial charge in [0.2, 0.25) is 5.95 Å². The number of rotatable bonds is 5. The van der Waals surface area contributed by atoms with Gasteiger partial charge in [-0.2, -0.15) is 4.98 Å². The Morgan fingerprint density at radius 2 is 1.49 bits per heavy atom. The lowest BCUT2D eigenvalue weighted by Crippen LogP contribution is -2.47. The SMILES string of the molecule is CC.CSc1ccccc1N1CCN(c2nc(Nc3cccc4c3CCCC4)c3ccccc3n2)CC1. The summed E-state index contributed by atoms with van der Waals surface area (Å²) in [6, 6.07) is 23.7. The number of nitrogens with zero attached hydrogens (tertiary/aromatic N) is 4. The van der Waals surface area contributed by atoms with Gasteiger partial charge in [-0.25, -0.2) is 4.98 Å². The lowest BCUT2D eigenvalue weighted by molar-refractivity contribution is 0.638. The highest BCUT2D eigenvalue weighted by Gasteiger charge is 2.22. The molecule has 4 aromatic rings. The molecule has 192 valence electrons. The minimum atomic E-state index is 0.814. The molecule has 0 amide bonds. The first-order valence-electron chi connectivity index (χ1n) is 13.6. The van der Waals surface area contributed by atoms with Crippen molar-refractivity contribution in [3.05, 3.63) is 77.9 Å². The van der Waals surface area contributed by atoms with Crippen LogP contribution in [-0.4, -0.2) is 42.4 Å². The highest BCUT2D eigenvalue weighted by molar-refractivity contribution is 7.98. The van der Waals surface area contributed by atoms with Crippen molar-refractivity contribution in [1.29, 1.82) is 0 Å². The maximum Gasteiger partial charge on any atom is 0.228 e. The van der Waals surface area contributed by atoms with Crippen molar-refractivity contribution >= 4 is 45.8 Å². The highest BCUT2D eigenvalue weighted by atomic mass is 32.2. The molecule has 6 heteroatoms. The topological polar surface area (TPSA) is 44.3 Å². The van der Waals surface area contributed by atoms with Crippen molar-refractivity contribution < 1.29 is 0 Å². The van der Waals surface area contributed by atoms with Gasteiger partial charge in [-0.3, -0.25) is 0 Å². The second kappa shape index (κ2) is 11.9. The number of hydrogen-bond donors (Lipinski definition) is 1. The molecular formula is C31H37N5S. The molecule has 0 saturated carbocycles. The van der Waals surface area contributed by atoms with E-state index in [-0.39, 0.29) is 0 Å².